The molecule has 0 aromatic heterocycles. The van der Waals surface area contributed by atoms with Crippen LogP contribution in [0.25, 0.3) is 0 Å². The zero-order valence-corrected chi connectivity index (χ0v) is 15.2. The molecule has 3 N–H and O–H groups in total. The summed E-state index contributed by atoms with van der Waals surface area (Å²) in [5.74, 6) is 0.578. The molecule has 3 rings (SSSR count). The van der Waals surface area contributed by atoms with Crippen molar-refractivity contribution in [2.45, 2.75) is 57.4 Å². The lowest BCUT2D eigenvalue weighted by molar-refractivity contribution is -0.117. The minimum absolute atomic E-state index is 0. The van der Waals surface area contributed by atoms with E-state index in [2.05, 4.69) is 22.3 Å². The van der Waals surface area contributed by atoms with Gasteiger partial charge in [-0.05, 0) is 43.4 Å². The molecule has 0 spiro atoms. The molecule has 1 aromatic rings. The SMILES string of the molecule is Cl.NC(CC1CCCCC1)C(=O)Nc1cccc(N2CCCC2)c1. The van der Waals surface area contributed by atoms with Crippen LogP contribution in [-0.2, 0) is 4.79 Å². The number of nitrogens with zero attached hydrogens (tertiary/aromatic N) is 1. The molecule has 1 atom stereocenters. The molecule has 1 saturated carbocycles. The van der Waals surface area contributed by atoms with Gasteiger partial charge in [0.1, 0.15) is 0 Å². The van der Waals surface area contributed by atoms with E-state index in [0.29, 0.717) is 5.92 Å². The van der Waals surface area contributed by atoms with Gasteiger partial charge in [-0.15, -0.1) is 12.4 Å². The van der Waals surface area contributed by atoms with E-state index in [1.54, 1.807) is 0 Å². The molecule has 0 bridgehead atoms. The fraction of sp³-hybridized carbons (Fsp3) is 0.632. The van der Waals surface area contributed by atoms with Crippen LogP contribution in [0.4, 0.5) is 11.4 Å². The van der Waals surface area contributed by atoms with Crippen LogP contribution in [0.3, 0.4) is 0 Å². The van der Waals surface area contributed by atoms with Gasteiger partial charge in [-0.2, -0.15) is 0 Å². The van der Waals surface area contributed by atoms with Crippen molar-refractivity contribution in [1.82, 2.24) is 0 Å². The zero-order chi connectivity index (χ0) is 16.1. The van der Waals surface area contributed by atoms with E-state index in [4.69, 9.17) is 5.73 Å². The summed E-state index contributed by atoms with van der Waals surface area (Å²) in [6.45, 7) is 2.22. The number of hydrogen-bond donors (Lipinski definition) is 2. The van der Waals surface area contributed by atoms with Crippen LogP contribution in [0.5, 0.6) is 0 Å². The fourth-order valence-electron chi connectivity index (χ4n) is 3.88. The van der Waals surface area contributed by atoms with Gasteiger partial charge in [0.15, 0.2) is 0 Å². The van der Waals surface area contributed by atoms with Gasteiger partial charge in [-0.1, -0.05) is 38.2 Å². The summed E-state index contributed by atoms with van der Waals surface area (Å²) >= 11 is 0. The van der Waals surface area contributed by atoms with Gasteiger partial charge in [0.25, 0.3) is 0 Å². The van der Waals surface area contributed by atoms with E-state index < -0.39 is 6.04 Å². The first kappa shape index (κ1) is 19.1. The Hall–Kier alpha value is -1.26. The molecule has 1 aliphatic carbocycles. The molecule has 0 radical (unpaired) electrons. The molecule has 1 unspecified atom stereocenters. The first-order chi connectivity index (χ1) is 11.2. The van der Waals surface area contributed by atoms with Crippen LogP contribution in [0.15, 0.2) is 24.3 Å². The second-order valence-electron chi connectivity index (χ2n) is 7.08. The van der Waals surface area contributed by atoms with Gasteiger partial charge >= 0.3 is 0 Å². The largest absolute Gasteiger partial charge is 0.371 e. The van der Waals surface area contributed by atoms with Crippen molar-refractivity contribution in [3.8, 4) is 0 Å². The van der Waals surface area contributed by atoms with Crippen molar-refractivity contribution in [2.75, 3.05) is 23.3 Å². The van der Waals surface area contributed by atoms with Crippen molar-refractivity contribution in [3.05, 3.63) is 24.3 Å². The highest BCUT2D eigenvalue weighted by atomic mass is 35.5. The monoisotopic (exact) mass is 351 g/mol. The average Bonchev–Trinajstić information content (AvgIpc) is 3.10. The number of halogens is 1. The van der Waals surface area contributed by atoms with Gasteiger partial charge in [0.2, 0.25) is 5.91 Å². The van der Waals surface area contributed by atoms with Crippen LogP contribution in [0.1, 0.15) is 51.4 Å². The maximum Gasteiger partial charge on any atom is 0.241 e. The van der Waals surface area contributed by atoms with Gasteiger partial charge in [0.05, 0.1) is 6.04 Å². The summed E-state index contributed by atoms with van der Waals surface area (Å²) in [5.41, 5.74) is 8.19. The molecular formula is C19H30ClN3O. The normalized spacial score (nSPS) is 19.6. The van der Waals surface area contributed by atoms with Gasteiger partial charge in [-0.3, -0.25) is 4.79 Å². The Kier molecular flexibility index (Phi) is 7.38. The van der Waals surface area contributed by atoms with E-state index in [1.807, 2.05) is 12.1 Å². The number of nitrogens with one attached hydrogen (secondary N) is 1. The number of hydrogen-bond acceptors (Lipinski definition) is 3. The van der Waals surface area contributed by atoms with Crippen molar-refractivity contribution in [2.24, 2.45) is 11.7 Å². The lowest BCUT2D eigenvalue weighted by atomic mass is 9.85. The molecule has 4 nitrogen and oxygen atoms in total. The van der Waals surface area contributed by atoms with E-state index >= 15 is 0 Å². The number of carbonyl (C=O) groups excluding carboxylic acids is 1. The van der Waals surface area contributed by atoms with E-state index in [0.717, 1.165) is 25.2 Å². The molecule has 24 heavy (non-hydrogen) atoms. The maximum atomic E-state index is 12.4. The highest BCUT2D eigenvalue weighted by Gasteiger charge is 2.21. The third-order valence-electron chi connectivity index (χ3n) is 5.23. The Bertz CT molecular complexity index is 525. The first-order valence-corrected chi connectivity index (χ1v) is 9.14. The summed E-state index contributed by atoms with van der Waals surface area (Å²) in [6, 6.07) is 7.74. The van der Waals surface area contributed by atoms with E-state index in [-0.39, 0.29) is 18.3 Å². The molecule has 5 heteroatoms. The van der Waals surface area contributed by atoms with Crippen LogP contribution in [-0.4, -0.2) is 25.0 Å². The smallest absolute Gasteiger partial charge is 0.241 e. The topological polar surface area (TPSA) is 58.4 Å². The Balaban J connectivity index is 0.00000208. The molecule has 2 aliphatic rings. The number of carbonyl (C=O) groups is 1. The molecule has 134 valence electrons. The van der Waals surface area contributed by atoms with Crippen molar-refractivity contribution < 1.29 is 4.79 Å². The second kappa shape index (κ2) is 9.28. The van der Waals surface area contributed by atoms with Gasteiger partial charge in [-0.25, -0.2) is 0 Å². The average molecular weight is 352 g/mol. The minimum atomic E-state index is -0.395. The molecule has 1 heterocycles. The highest BCUT2D eigenvalue weighted by Crippen LogP contribution is 2.27. The minimum Gasteiger partial charge on any atom is -0.371 e. The van der Waals surface area contributed by atoms with E-state index in [9.17, 15) is 4.79 Å². The zero-order valence-electron chi connectivity index (χ0n) is 14.4. The summed E-state index contributed by atoms with van der Waals surface area (Å²) in [6.07, 6.45) is 9.69. The number of amides is 1. The predicted octanol–water partition coefficient (Wildman–Crippen LogP) is 3.94. The van der Waals surface area contributed by atoms with Crippen LogP contribution in [0.2, 0.25) is 0 Å². The summed E-state index contributed by atoms with van der Waals surface area (Å²) in [5, 5.41) is 3.00. The summed E-state index contributed by atoms with van der Waals surface area (Å²) in [7, 11) is 0. The molecule has 1 amide bonds. The standard InChI is InChI=1S/C19H29N3O.ClH/c20-18(13-15-7-2-1-3-8-15)19(23)21-16-9-6-10-17(14-16)22-11-4-5-12-22;/h6,9-10,14-15,18H,1-5,7-8,11-13,20H2,(H,21,23);1H. The molecule has 1 aliphatic heterocycles. The number of rotatable bonds is 5. The Labute approximate surface area is 151 Å². The maximum absolute atomic E-state index is 12.4. The summed E-state index contributed by atoms with van der Waals surface area (Å²) in [4.78, 5) is 14.7. The van der Waals surface area contributed by atoms with Crippen molar-refractivity contribution >= 4 is 29.7 Å². The third kappa shape index (κ3) is 5.12. The van der Waals surface area contributed by atoms with Crippen LogP contribution >= 0.6 is 12.4 Å². The molecule has 2 fully saturated rings. The molecule has 1 saturated heterocycles. The quantitative estimate of drug-likeness (QED) is 0.844. The highest BCUT2D eigenvalue weighted by molar-refractivity contribution is 5.95. The number of benzene rings is 1. The fourth-order valence-corrected chi connectivity index (χ4v) is 3.88. The van der Waals surface area contributed by atoms with Crippen molar-refractivity contribution in [3.63, 3.8) is 0 Å². The van der Waals surface area contributed by atoms with Gasteiger partial charge < -0.3 is 16.0 Å². The second-order valence-corrected chi connectivity index (χ2v) is 7.08. The lowest BCUT2D eigenvalue weighted by Gasteiger charge is -2.24. The lowest BCUT2D eigenvalue weighted by Crippen LogP contribution is -2.37. The predicted molar refractivity (Wildman–Crippen MR) is 103 cm³/mol. The Morgan fingerprint density at radius 2 is 1.88 bits per heavy atom. The van der Waals surface area contributed by atoms with Crippen LogP contribution in [0, 0.1) is 5.92 Å². The number of nitrogens with two attached hydrogens (primary N) is 1. The third-order valence-corrected chi connectivity index (χ3v) is 5.23. The van der Waals surface area contributed by atoms with Crippen molar-refractivity contribution in [1.29, 1.82) is 0 Å². The Morgan fingerprint density at radius 3 is 2.58 bits per heavy atom. The summed E-state index contributed by atoms with van der Waals surface area (Å²) < 4.78 is 0. The molecular weight excluding hydrogens is 322 g/mol. The van der Waals surface area contributed by atoms with Crippen LogP contribution < -0.4 is 16.0 Å². The van der Waals surface area contributed by atoms with E-state index in [1.165, 1.54) is 50.6 Å². The first-order valence-electron chi connectivity index (χ1n) is 9.14. The molecule has 1 aromatic carbocycles. The number of anilines is 2. The van der Waals surface area contributed by atoms with Gasteiger partial charge in [0, 0.05) is 24.5 Å². The Morgan fingerprint density at radius 1 is 1.17 bits per heavy atom.